The molecule has 2 nitrogen and oxygen atoms in total. The van der Waals surface area contributed by atoms with Gasteiger partial charge in [0.1, 0.15) is 0 Å². The maximum atomic E-state index is 6.26. The molecule has 4 fully saturated rings. The van der Waals surface area contributed by atoms with Crippen LogP contribution in [0.4, 0.5) is 0 Å². The van der Waals surface area contributed by atoms with Crippen LogP contribution in [0.1, 0.15) is 43.2 Å². The SMILES string of the molecule is NC1(c2ccc(C34CCN(CC3)CC4)cc2)CC1. The van der Waals surface area contributed by atoms with Crippen LogP contribution in [0.25, 0.3) is 0 Å². The highest BCUT2D eigenvalue weighted by atomic mass is 15.1. The third-order valence-corrected chi connectivity index (χ3v) is 5.58. The molecule has 2 bridgehead atoms. The van der Waals surface area contributed by atoms with Gasteiger partial charge in [-0.3, -0.25) is 0 Å². The van der Waals surface area contributed by atoms with Gasteiger partial charge in [-0.2, -0.15) is 0 Å². The molecule has 0 aromatic heterocycles. The Morgan fingerprint density at radius 3 is 1.78 bits per heavy atom. The van der Waals surface area contributed by atoms with Gasteiger partial charge in [0.15, 0.2) is 0 Å². The van der Waals surface area contributed by atoms with E-state index < -0.39 is 0 Å². The van der Waals surface area contributed by atoms with Crippen molar-refractivity contribution < 1.29 is 0 Å². The van der Waals surface area contributed by atoms with E-state index in [0.29, 0.717) is 5.41 Å². The van der Waals surface area contributed by atoms with Crippen LogP contribution in [0.15, 0.2) is 24.3 Å². The molecule has 2 N–H and O–H groups in total. The van der Waals surface area contributed by atoms with Crippen LogP contribution in [0.3, 0.4) is 0 Å². The minimum Gasteiger partial charge on any atom is -0.321 e. The molecule has 0 atom stereocenters. The largest absolute Gasteiger partial charge is 0.321 e. The van der Waals surface area contributed by atoms with E-state index in [1.807, 2.05) is 0 Å². The number of hydrogen-bond acceptors (Lipinski definition) is 2. The van der Waals surface area contributed by atoms with Gasteiger partial charge in [0, 0.05) is 5.54 Å². The summed E-state index contributed by atoms with van der Waals surface area (Å²) in [5.41, 5.74) is 9.68. The summed E-state index contributed by atoms with van der Waals surface area (Å²) in [6.45, 7) is 3.88. The van der Waals surface area contributed by atoms with Crippen molar-refractivity contribution >= 4 is 0 Å². The summed E-state index contributed by atoms with van der Waals surface area (Å²) in [5, 5.41) is 0. The van der Waals surface area contributed by atoms with Crippen molar-refractivity contribution in [1.29, 1.82) is 0 Å². The first-order chi connectivity index (χ1) is 8.70. The summed E-state index contributed by atoms with van der Waals surface area (Å²) in [5.74, 6) is 0. The summed E-state index contributed by atoms with van der Waals surface area (Å²) in [7, 11) is 0. The van der Waals surface area contributed by atoms with Crippen molar-refractivity contribution in [2.75, 3.05) is 19.6 Å². The second-order valence-corrected chi connectivity index (χ2v) is 6.61. The maximum absolute atomic E-state index is 6.26. The van der Waals surface area contributed by atoms with Crippen LogP contribution >= 0.6 is 0 Å². The van der Waals surface area contributed by atoms with Crippen molar-refractivity contribution in [3.63, 3.8) is 0 Å². The summed E-state index contributed by atoms with van der Waals surface area (Å²) in [4.78, 5) is 2.61. The topological polar surface area (TPSA) is 29.3 Å². The fraction of sp³-hybridized carbons (Fsp3) is 0.625. The van der Waals surface area contributed by atoms with E-state index >= 15 is 0 Å². The lowest BCUT2D eigenvalue weighted by Gasteiger charge is -2.49. The van der Waals surface area contributed by atoms with Crippen molar-refractivity contribution in [2.24, 2.45) is 5.73 Å². The van der Waals surface area contributed by atoms with Gasteiger partial charge in [0.05, 0.1) is 0 Å². The van der Waals surface area contributed by atoms with E-state index in [1.54, 1.807) is 5.56 Å². The summed E-state index contributed by atoms with van der Waals surface area (Å²) in [6, 6.07) is 9.31. The van der Waals surface area contributed by atoms with Gasteiger partial charge in [-0.15, -0.1) is 0 Å². The lowest BCUT2D eigenvalue weighted by molar-refractivity contribution is 0.0817. The molecule has 0 amide bonds. The van der Waals surface area contributed by atoms with Gasteiger partial charge in [-0.25, -0.2) is 0 Å². The number of nitrogens with zero attached hydrogens (tertiary/aromatic N) is 1. The van der Waals surface area contributed by atoms with Gasteiger partial charge in [-0.1, -0.05) is 24.3 Å². The lowest BCUT2D eigenvalue weighted by Crippen LogP contribution is -2.50. The summed E-state index contributed by atoms with van der Waals surface area (Å²) in [6.07, 6.45) is 6.36. The van der Waals surface area contributed by atoms with Gasteiger partial charge >= 0.3 is 0 Å². The van der Waals surface area contributed by atoms with Crippen molar-refractivity contribution in [3.8, 4) is 0 Å². The smallest absolute Gasteiger partial charge is 0.0411 e. The molecule has 3 heterocycles. The Morgan fingerprint density at radius 2 is 1.28 bits per heavy atom. The van der Waals surface area contributed by atoms with Crippen LogP contribution in [0.5, 0.6) is 0 Å². The summed E-state index contributed by atoms with van der Waals surface area (Å²) < 4.78 is 0. The Hall–Kier alpha value is -0.860. The Bertz CT molecular complexity index is 437. The molecule has 18 heavy (non-hydrogen) atoms. The molecule has 3 saturated heterocycles. The standard InChI is InChI=1S/C16H22N2/c17-16(5-6-16)14-3-1-13(2-4-14)15-7-10-18(11-8-15)12-9-15/h1-4H,5-12,17H2. The molecule has 1 aromatic carbocycles. The average Bonchev–Trinajstić information content (AvgIpc) is 3.20. The number of hydrogen-bond donors (Lipinski definition) is 1. The second-order valence-electron chi connectivity index (χ2n) is 6.61. The molecule has 0 radical (unpaired) electrons. The molecular formula is C16H22N2. The molecule has 2 heteroatoms. The first-order valence-electron chi connectivity index (χ1n) is 7.33. The fourth-order valence-electron chi connectivity index (χ4n) is 3.84. The predicted octanol–water partition coefficient (Wildman–Crippen LogP) is 2.37. The minimum absolute atomic E-state index is 0.0200. The molecule has 1 aliphatic carbocycles. The van der Waals surface area contributed by atoms with E-state index in [9.17, 15) is 0 Å². The Labute approximate surface area is 109 Å². The molecule has 5 rings (SSSR count). The Kier molecular flexibility index (Phi) is 2.19. The zero-order chi connectivity index (χ0) is 12.2. The lowest BCUT2D eigenvalue weighted by atomic mass is 9.67. The van der Waals surface area contributed by atoms with Gasteiger partial charge in [0.25, 0.3) is 0 Å². The summed E-state index contributed by atoms with van der Waals surface area (Å²) >= 11 is 0. The minimum atomic E-state index is 0.0200. The van der Waals surface area contributed by atoms with Crippen molar-refractivity contribution in [1.82, 2.24) is 4.90 Å². The number of rotatable bonds is 2. The van der Waals surface area contributed by atoms with E-state index in [1.165, 1.54) is 44.5 Å². The first kappa shape index (κ1) is 11.0. The Balaban J connectivity index is 1.64. The van der Waals surface area contributed by atoms with Crippen LogP contribution in [0, 0.1) is 0 Å². The average molecular weight is 242 g/mol. The number of benzene rings is 1. The third-order valence-electron chi connectivity index (χ3n) is 5.58. The molecule has 3 aliphatic heterocycles. The Morgan fingerprint density at radius 1 is 0.778 bits per heavy atom. The molecule has 96 valence electrons. The normalized spacial score (nSPS) is 36.6. The highest BCUT2D eigenvalue weighted by Crippen LogP contribution is 2.45. The highest BCUT2D eigenvalue weighted by molar-refractivity contribution is 5.36. The number of fused-ring (bicyclic) bond motifs is 3. The van der Waals surface area contributed by atoms with Crippen LogP contribution in [-0.2, 0) is 11.0 Å². The highest BCUT2D eigenvalue weighted by Gasteiger charge is 2.42. The molecule has 0 unspecified atom stereocenters. The number of piperidine rings is 3. The molecular weight excluding hydrogens is 220 g/mol. The quantitative estimate of drug-likeness (QED) is 0.862. The molecule has 1 aromatic rings. The fourth-order valence-corrected chi connectivity index (χ4v) is 3.84. The molecule has 1 saturated carbocycles. The van der Waals surface area contributed by atoms with Crippen LogP contribution < -0.4 is 5.73 Å². The van der Waals surface area contributed by atoms with E-state index in [2.05, 4.69) is 29.2 Å². The van der Waals surface area contributed by atoms with E-state index in [0.717, 1.165) is 12.8 Å². The maximum Gasteiger partial charge on any atom is 0.0411 e. The van der Waals surface area contributed by atoms with E-state index in [-0.39, 0.29) is 5.54 Å². The molecule has 0 spiro atoms. The van der Waals surface area contributed by atoms with Gasteiger partial charge in [0.2, 0.25) is 0 Å². The third kappa shape index (κ3) is 1.55. The zero-order valence-corrected chi connectivity index (χ0v) is 11.0. The monoisotopic (exact) mass is 242 g/mol. The number of nitrogens with two attached hydrogens (primary N) is 1. The van der Waals surface area contributed by atoms with Gasteiger partial charge in [-0.05, 0) is 68.3 Å². The van der Waals surface area contributed by atoms with Crippen molar-refractivity contribution in [3.05, 3.63) is 35.4 Å². The second kappa shape index (κ2) is 3.58. The van der Waals surface area contributed by atoms with Gasteiger partial charge < -0.3 is 10.6 Å². The van der Waals surface area contributed by atoms with Crippen LogP contribution in [-0.4, -0.2) is 24.5 Å². The predicted molar refractivity (Wildman–Crippen MR) is 73.5 cm³/mol. The molecule has 4 aliphatic rings. The van der Waals surface area contributed by atoms with Crippen LogP contribution in [0.2, 0.25) is 0 Å². The van der Waals surface area contributed by atoms with Crippen molar-refractivity contribution in [2.45, 2.75) is 43.1 Å². The van der Waals surface area contributed by atoms with E-state index in [4.69, 9.17) is 5.73 Å². The zero-order valence-electron chi connectivity index (χ0n) is 11.0. The first-order valence-corrected chi connectivity index (χ1v) is 7.33.